The Hall–Kier alpha value is -1.75. The molecular weight excluding hydrogens is 370 g/mol. The minimum atomic E-state index is -0.927. The Morgan fingerprint density at radius 1 is 1.57 bits per heavy atom. The van der Waals surface area contributed by atoms with Gasteiger partial charge in [0.15, 0.2) is 6.23 Å². The number of fused-ring (bicyclic) bond motifs is 1. The minimum absolute atomic E-state index is 0.233. The molecule has 1 fully saturated rings. The van der Waals surface area contributed by atoms with E-state index in [1.165, 1.54) is 12.5 Å². The largest absolute Gasteiger partial charge is 0.411 e. The fourth-order valence-electron chi connectivity index (χ4n) is 2.84. The van der Waals surface area contributed by atoms with Crippen molar-refractivity contribution in [3.05, 3.63) is 18.1 Å². The Labute approximate surface area is 139 Å². The van der Waals surface area contributed by atoms with Gasteiger partial charge >= 0.3 is 0 Å². The number of aliphatic hydroxyl groups excluding tert-OH is 2. The lowest BCUT2D eigenvalue weighted by molar-refractivity contribution is -0.0437. The van der Waals surface area contributed by atoms with Crippen LogP contribution < -0.4 is 5.73 Å². The molecule has 5 N–H and O–H groups in total. The van der Waals surface area contributed by atoms with E-state index >= 15 is 0 Å². The van der Waals surface area contributed by atoms with E-state index in [9.17, 15) is 10.2 Å². The maximum absolute atomic E-state index is 10.3. The number of rotatable bonds is 3. The summed E-state index contributed by atoms with van der Waals surface area (Å²) in [6, 6.07) is 0. The molecule has 23 heavy (non-hydrogen) atoms. The fraction of sp³-hybridized carbons (Fsp3) is 0.462. The molecule has 0 bridgehead atoms. The second-order valence-corrected chi connectivity index (χ2v) is 7.21. The van der Waals surface area contributed by atoms with Crippen LogP contribution in [0.15, 0.2) is 17.7 Å². The summed E-state index contributed by atoms with van der Waals surface area (Å²) in [6.07, 6.45) is 1.85. The zero-order valence-corrected chi connectivity index (χ0v) is 13.8. The van der Waals surface area contributed by atoms with Gasteiger partial charge in [0, 0.05) is 11.8 Å². The van der Waals surface area contributed by atoms with Crippen LogP contribution in [0.1, 0.15) is 18.7 Å². The monoisotopic (exact) mass is 385 g/mol. The summed E-state index contributed by atoms with van der Waals surface area (Å²) in [5, 5.41) is 32.1. The SMILES string of the molecule is C[C@@]1(Br)C(O)C(CO)O[C@H]1n1cc(/C=N\O)c2c(N)ncnc21. The minimum Gasteiger partial charge on any atom is -0.411 e. The van der Waals surface area contributed by atoms with Gasteiger partial charge in [-0.1, -0.05) is 21.1 Å². The molecule has 1 saturated heterocycles. The molecule has 10 heteroatoms. The van der Waals surface area contributed by atoms with Crippen molar-refractivity contribution in [2.75, 3.05) is 12.3 Å². The molecule has 9 nitrogen and oxygen atoms in total. The number of nitrogens with two attached hydrogens (primary N) is 1. The second kappa shape index (κ2) is 5.71. The lowest BCUT2D eigenvalue weighted by Gasteiger charge is -2.27. The van der Waals surface area contributed by atoms with Crippen molar-refractivity contribution >= 4 is 39.0 Å². The van der Waals surface area contributed by atoms with E-state index in [4.69, 9.17) is 15.7 Å². The highest BCUT2D eigenvalue weighted by molar-refractivity contribution is 9.10. The van der Waals surface area contributed by atoms with Gasteiger partial charge in [-0.05, 0) is 6.92 Å². The van der Waals surface area contributed by atoms with Crippen molar-refractivity contribution in [1.82, 2.24) is 14.5 Å². The van der Waals surface area contributed by atoms with Crippen LogP contribution >= 0.6 is 15.9 Å². The van der Waals surface area contributed by atoms with Gasteiger partial charge < -0.3 is 30.5 Å². The van der Waals surface area contributed by atoms with Crippen molar-refractivity contribution < 1.29 is 20.2 Å². The van der Waals surface area contributed by atoms with E-state index in [2.05, 4.69) is 31.1 Å². The van der Waals surface area contributed by atoms with Gasteiger partial charge in [-0.3, -0.25) is 0 Å². The van der Waals surface area contributed by atoms with E-state index in [0.717, 1.165) is 0 Å². The molecular formula is C13H16BrN5O4. The third kappa shape index (κ3) is 2.38. The average Bonchev–Trinajstić information content (AvgIpc) is 2.97. The summed E-state index contributed by atoms with van der Waals surface area (Å²) in [6.45, 7) is 1.44. The molecule has 0 aliphatic carbocycles. The molecule has 4 atom stereocenters. The summed E-state index contributed by atoms with van der Waals surface area (Å²) in [5.41, 5.74) is 6.87. The van der Waals surface area contributed by atoms with Crippen LogP contribution in [0.25, 0.3) is 11.0 Å². The first-order valence-electron chi connectivity index (χ1n) is 6.83. The van der Waals surface area contributed by atoms with Gasteiger partial charge in [0.25, 0.3) is 0 Å². The Balaban J connectivity index is 2.19. The molecule has 3 heterocycles. The molecule has 0 radical (unpaired) electrons. The molecule has 0 spiro atoms. The zero-order chi connectivity index (χ0) is 16.8. The molecule has 124 valence electrons. The second-order valence-electron chi connectivity index (χ2n) is 5.50. The number of hydrogen-bond donors (Lipinski definition) is 4. The van der Waals surface area contributed by atoms with Crippen molar-refractivity contribution in [3.8, 4) is 0 Å². The molecule has 2 unspecified atom stereocenters. The van der Waals surface area contributed by atoms with Crippen molar-refractivity contribution in [3.63, 3.8) is 0 Å². The van der Waals surface area contributed by atoms with E-state index < -0.39 is 22.8 Å². The number of alkyl halides is 1. The quantitative estimate of drug-likeness (QED) is 0.256. The summed E-state index contributed by atoms with van der Waals surface area (Å²) in [4.78, 5) is 8.16. The molecule has 2 aromatic heterocycles. The number of aliphatic hydroxyl groups is 2. The molecule has 2 aromatic rings. The summed E-state index contributed by atoms with van der Waals surface area (Å²) < 4.78 is 6.57. The first-order chi connectivity index (χ1) is 10.9. The number of nitrogen functional groups attached to an aromatic ring is 1. The number of anilines is 1. The standard InChI is InChI=1S/C13H16BrN5O4/c1-13(14)9(21)7(4-20)23-12(13)19-3-6(2-18-22)8-10(15)16-5-17-11(8)19/h2-3,5,7,9,12,20-22H,4H2,1H3,(H2,15,16,17)/b18-2-/t7?,9?,12-,13-/m1/s1. The van der Waals surface area contributed by atoms with Crippen molar-refractivity contribution in [1.29, 1.82) is 0 Å². The maximum atomic E-state index is 10.3. The van der Waals surface area contributed by atoms with Crippen molar-refractivity contribution in [2.24, 2.45) is 5.16 Å². The molecule has 1 aliphatic heterocycles. The number of ether oxygens (including phenoxy) is 1. The van der Waals surface area contributed by atoms with Crippen LogP contribution in [-0.4, -0.2) is 59.3 Å². The average molecular weight is 386 g/mol. The Bertz CT molecular complexity index is 762. The zero-order valence-electron chi connectivity index (χ0n) is 12.2. The van der Waals surface area contributed by atoms with E-state index in [0.29, 0.717) is 16.6 Å². The Kier molecular flexibility index (Phi) is 4.00. The Morgan fingerprint density at radius 3 is 2.91 bits per heavy atom. The predicted molar refractivity (Wildman–Crippen MR) is 85.7 cm³/mol. The van der Waals surface area contributed by atoms with E-state index in [1.807, 2.05) is 0 Å². The number of nitrogens with zero attached hydrogens (tertiary/aromatic N) is 4. The van der Waals surface area contributed by atoms with Crippen LogP contribution in [0, 0.1) is 0 Å². The number of aromatic nitrogens is 3. The van der Waals surface area contributed by atoms with Gasteiger partial charge in [0.2, 0.25) is 0 Å². The summed E-state index contributed by atoms with van der Waals surface area (Å²) in [5.74, 6) is 0.233. The Morgan fingerprint density at radius 2 is 2.30 bits per heavy atom. The molecule has 1 aliphatic rings. The lowest BCUT2D eigenvalue weighted by atomic mass is 10.0. The van der Waals surface area contributed by atoms with E-state index in [-0.39, 0.29) is 12.4 Å². The van der Waals surface area contributed by atoms with Crippen LogP contribution in [0.3, 0.4) is 0 Å². The number of hydrogen-bond acceptors (Lipinski definition) is 8. The number of oxime groups is 1. The molecule has 0 amide bonds. The van der Waals surface area contributed by atoms with Gasteiger partial charge in [0.1, 0.15) is 30.0 Å². The highest BCUT2D eigenvalue weighted by Gasteiger charge is 2.52. The normalized spacial score (nSPS) is 31.4. The molecule has 3 rings (SSSR count). The van der Waals surface area contributed by atoms with Crippen LogP contribution in [0.4, 0.5) is 5.82 Å². The van der Waals surface area contributed by atoms with Gasteiger partial charge in [-0.15, -0.1) is 0 Å². The van der Waals surface area contributed by atoms with Crippen LogP contribution in [0.2, 0.25) is 0 Å². The predicted octanol–water partition coefficient (Wildman–Crippen LogP) is 0.226. The van der Waals surface area contributed by atoms with E-state index in [1.54, 1.807) is 17.7 Å². The van der Waals surface area contributed by atoms with Gasteiger partial charge in [0.05, 0.1) is 22.5 Å². The smallest absolute Gasteiger partial charge is 0.153 e. The first kappa shape index (κ1) is 16.1. The fourth-order valence-corrected chi connectivity index (χ4v) is 3.46. The van der Waals surface area contributed by atoms with Crippen LogP contribution in [-0.2, 0) is 4.74 Å². The van der Waals surface area contributed by atoms with Gasteiger partial charge in [-0.25, -0.2) is 9.97 Å². The topological polar surface area (TPSA) is 139 Å². The maximum Gasteiger partial charge on any atom is 0.153 e. The third-order valence-electron chi connectivity index (χ3n) is 4.01. The van der Waals surface area contributed by atoms with Crippen molar-refractivity contribution in [2.45, 2.75) is 29.7 Å². The third-order valence-corrected chi connectivity index (χ3v) is 4.88. The lowest BCUT2D eigenvalue weighted by Crippen LogP contribution is -2.39. The highest BCUT2D eigenvalue weighted by Crippen LogP contribution is 2.46. The first-order valence-corrected chi connectivity index (χ1v) is 7.62. The number of halogens is 1. The van der Waals surface area contributed by atoms with Crippen LogP contribution in [0.5, 0.6) is 0 Å². The summed E-state index contributed by atoms with van der Waals surface area (Å²) in [7, 11) is 0. The summed E-state index contributed by atoms with van der Waals surface area (Å²) >= 11 is 3.48. The molecule has 0 aromatic carbocycles. The van der Waals surface area contributed by atoms with Gasteiger partial charge in [-0.2, -0.15) is 0 Å². The molecule has 0 saturated carbocycles. The highest BCUT2D eigenvalue weighted by atomic mass is 79.9.